The van der Waals surface area contributed by atoms with Crippen molar-refractivity contribution in [3.63, 3.8) is 0 Å². The first-order chi connectivity index (χ1) is 8.15. The molecule has 0 heterocycles. The molecule has 1 aromatic rings. The van der Waals surface area contributed by atoms with Crippen molar-refractivity contribution in [1.82, 2.24) is 0 Å². The number of hydrogen-bond acceptors (Lipinski definition) is 2. The lowest BCUT2D eigenvalue weighted by Crippen LogP contribution is -2.46. The zero-order chi connectivity index (χ0) is 12.3. The van der Waals surface area contributed by atoms with Gasteiger partial charge in [-0.15, -0.1) is 0 Å². The number of halogens is 1. The molecule has 94 valence electrons. The van der Waals surface area contributed by atoms with Gasteiger partial charge in [0.05, 0.1) is 0 Å². The Kier molecular flexibility index (Phi) is 3.95. The molecule has 3 N–H and O–H groups in total. The molecule has 1 aliphatic rings. The second kappa shape index (κ2) is 5.28. The number of rotatable bonds is 3. The number of hydrogen-bond donors (Lipinski definition) is 2. The van der Waals surface area contributed by atoms with E-state index in [9.17, 15) is 0 Å². The summed E-state index contributed by atoms with van der Waals surface area (Å²) in [5, 5.41) is 4.42. The van der Waals surface area contributed by atoms with E-state index in [1.54, 1.807) is 0 Å². The van der Waals surface area contributed by atoms with Gasteiger partial charge < -0.3 is 11.1 Å². The smallest absolute Gasteiger partial charge is 0.0495 e. The quantitative estimate of drug-likeness (QED) is 0.861. The molecule has 0 saturated heterocycles. The van der Waals surface area contributed by atoms with Crippen molar-refractivity contribution in [1.29, 1.82) is 0 Å². The molecule has 0 atom stereocenters. The van der Waals surface area contributed by atoms with Crippen LogP contribution in [0.1, 0.15) is 37.7 Å². The molecular formula is C14H21ClN2. The van der Waals surface area contributed by atoms with Crippen molar-refractivity contribution in [3.8, 4) is 0 Å². The number of nitrogens with one attached hydrogen (secondary N) is 1. The van der Waals surface area contributed by atoms with Crippen molar-refractivity contribution in [2.45, 2.75) is 44.6 Å². The number of anilines is 1. The monoisotopic (exact) mass is 252 g/mol. The van der Waals surface area contributed by atoms with E-state index in [2.05, 4.69) is 17.4 Å². The maximum atomic E-state index is 6.15. The van der Waals surface area contributed by atoms with Crippen LogP contribution in [0, 0.1) is 6.92 Å². The molecule has 0 spiro atoms. The van der Waals surface area contributed by atoms with Gasteiger partial charge in [0.15, 0.2) is 0 Å². The van der Waals surface area contributed by atoms with E-state index < -0.39 is 0 Å². The van der Waals surface area contributed by atoms with E-state index in [1.165, 1.54) is 19.3 Å². The van der Waals surface area contributed by atoms with Crippen LogP contribution in [-0.2, 0) is 0 Å². The second-order valence-corrected chi connectivity index (χ2v) is 5.54. The fraction of sp³-hybridized carbons (Fsp3) is 0.571. The average Bonchev–Trinajstić information content (AvgIpc) is 2.35. The fourth-order valence-corrected chi connectivity index (χ4v) is 2.77. The standard InChI is InChI=1S/C14H21ClN2/c1-11-5-6-12(9-13(11)15)17-14(10-16)7-3-2-4-8-14/h5-6,9,17H,2-4,7-8,10,16H2,1H3. The Morgan fingerprint density at radius 2 is 2.00 bits per heavy atom. The summed E-state index contributed by atoms with van der Waals surface area (Å²) in [5.74, 6) is 0. The van der Waals surface area contributed by atoms with Crippen LogP contribution in [0.25, 0.3) is 0 Å². The van der Waals surface area contributed by atoms with Crippen molar-refractivity contribution in [3.05, 3.63) is 28.8 Å². The maximum Gasteiger partial charge on any atom is 0.0495 e. The predicted molar refractivity (Wildman–Crippen MR) is 74.7 cm³/mol. The zero-order valence-electron chi connectivity index (χ0n) is 10.4. The average molecular weight is 253 g/mol. The Morgan fingerprint density at radius 3 is 2.59 bits per heavy atom. The lowest BCUT2D eigenvalue weighted by molar-refractivity contribution is 0.331. The SMILES string of the molecule is Cc1ccc(NC2(CN)CCCCC2)cc1Cl. The topological polar surface area (TPSA) is 38.0 Å². The molecular weight excluding hydrogens is 232 g/mol. The highest BCUT2D eigenvalue weighted by Crippen LogP contribution is 2.32. The Balaban J connectivity index is 2.14. The summed E-state index contributed by atoms with van der Waals surface area (Å²) < 4.78 is 0. The normalized spacial score (nSPS) is 19.0. The van der Waals surface area contributed by atoms with Gasteiger partial charge in [-0.2, -0.15) is 0 Å². The third kappa shape index (κ3) is 2.93. The van der Waals surface area contributed by atoms with Crippen molar-refractivity contribution < 1.29 is 0 Å². The predicted octanol–water partition coefficient (Wildman–Crippen LogP) is 3.72. The van der Waals surface area contributed by atoms with Crippen LogP contribution in [0.4, 0.5) is 5.69 Å². The zero-order valence-corrected chi connectivity index (χ0v) is 11.2. The Hall–Kier alpha value is -0.730. The van der Waals surface area contributed by atoms with Gasteiger partial charge in [0, 0.05) is 22.8 Å². The van der Waals surface area contributed by atoms with Gasteiger partial charge in [-0.1, -0.05) is 36.9 Å². The van der Waals surface area contributed by atoms with Crippen molar-refractivity contribution in [2.24, 2.45) is 5.73 Å². The Morgan fingerprint density at radius 1 is 1.29 bits per heavy atom. The molecule has 1 saturated carbocycles. The van der Waals surface area contributed by atoms with E-state index in [-0.39, 0.29) is 5.54 Å². The molecule has 3 heteroatoms. The van der Waals surface area contributed by atoms with Gasteiger partial charge in [-0.05, 0) is 37.5 Å². The van der Waals surface area contributed by atoms with Gasteiger partial charge >= 0.3 is 0 Å². The first-order valence-corrected chi connectivity index (χ1v) is 6.77. The molecule has 0 radical (unpaired) electrons. The summed E-state index contributed by atoms with van der Waals surface area (Å²) in [7, 11) is 0. The molecule has 1 fully saturated rings. The van der Waals surface area contributed by atoms with E-state index in [0.717, 1.165) is 29.1 Å². The Labute approximate surface area is 109 Å². The van der Waals surface area contributed by atoms with Crippen molar-refractivity contribution in [2.75, 3.05) is 11.9 Å². The van der Waals surface area contributed by atoms with Crippen LogP contribution in [0.15, 0.2) is 18.2 Å². The van der Waals surface area contributed by atoms with E-state index in [4.69, 9.17) is 17.3 Å². The third-order valence-electron chi connectivity index (χ3n) is 3.78. The summed E-state index contributed by atoms with van der Waals surface area (Å²) >= 11 is 6.15. The molecule has 0 aromatic heterocycles. The fourth-order valence-electron chi connectivity index (χ4n) is 2.59. The van der Waals surface area contributed by atoms with Gasteiger partial charge in [-0.25, -0.2) is 0 Å². The molecule has 0 amide bonds. The molecule has 1 aliphatic carbocycles. The van der Waals surface area contributed by atoms with Crippen LogP contribution < -0.4 is 11.1 Å². The highest BCUT2D eigenvalue weighted by Gasteiger charge is 2.30. The summed E-state index contributed by atoms with van der Waals surface area (Å²) in [5.41, 5.74) is 8.24. The van der Waals surface area contributed by atoms with Crippen LogP contribution in [0.5, 0.6) is 0 Å². The maximum absolute atomic E-state index is 6.15. The molecule has 2 rings (SSSR count). The lowest BCUT2D eigenvalue weighted by Gasteiger charge is -2.38. The lowest BCUT2D eigenvalue weighted by atomic mass is 9.81. The summed E-state index contributed by atoms with van der Waals surface area (Å²) in [6.07, 6.45) is 6.19. The minimum Gasteiger partial charge on any atom is -0.378 e. The van der Waals surface area contributed by atoms with E-state index in [1.807, 2.05) is 13.0 Å². The van der Waals surface area contributed by atoms with Crippen LogP contribution >= 0.6 is 11.6 Å². The second-order valence-electron chi connectivity index (χ2n) is 5.13. The van der Waals surface area contributed by atoms with Crippen LogP contribution in [0.3, 0.4) is 0 Å². The highest BCUT2D eigenvalue weighted by atomic mass is 35.5. The first kappa shape index (κ1) is 12.7. The molecule has 0 unspecified atom stereocenters. The minimum atomic E-state index is 0.0802. The van der Waals surface area contributed by atoms with Gasteiger partial charge in [0.25, 0.3) is 0 Å². The van der Waals surface area contributed by atoms with Gasteiger partial charge in [-0.3, -0.25) is 0 Å². The molecule has 0 aliphatic heterocycles. The van der Waals surface area contributed by atoms with Crippen LogP contribution in [-0.4, -0.2) is 12.1 Å². The van der Waals surface area contributed by atoms with Gasteiger partial charge in [0.1, 0.15) is 0 Å². The van der Waals surface area contributed by atoms with E-state index in [0.29, 0.717) is 6.54 Å². The summed E-state index contributed by atoms with van der Waals surface area (Å²) in [6.45, 7) is 2.71. The highest BCUT2D eigenvalue weighted by molar-refractivity contribution is 6.31. The Bertz CT molecular complexity index is 384. The first-order valence-electron chi connectivity index (χ1n) is 6.40. The number of nitrogens with two attached hydrogens (primary N) is 1. The van der Waals surface area contributed by atoms with Crippen molar-refractivity contribution >= 4 is 17.3 Å². The van der Waals surface area contributed by atoms with Gasteiger partial charge in [0.2, 0.25) is 0 Å². The molecule has 0 bridgehead atoms. The summed E-state index contributed by atoms with van der Waals surface area (Å²) in [4.78, 5) is 0. The molecule has 1 aromatic carbocycles. The minimum absolute atomic E-state index is 0.0802. The third-order valence-corrected chi connectivity index (χ3v) is 4.19. The largest absolute Gasteiger partial charge is 0.378 e. The summed E-state index contributed by atoms with van der Waals surface area (Å²) in [6, 6.07) is 6.15. The number of benzene rings is 1. The number of aryl methyl sites for hydroxylation is 1. The molecule has 17 heavy (non-hydrogen) atoms. The molecule has 2 nitrogen and oxygen atoms in total. The van der Waals surface area contributed by atoms with E-state index >= 15 is 0 Å². The van der Waals surface area contributed by atoms with Crippen LogP contribution in [0.2, 0.25) is 5.02 Å².